The monoisotopic (exact) mass is 392 g/mol. The summed E-state index contributed by atoms with van der Waals surface area (Å²) in [6, 6.07) is 9.13. The third-order valence-electron chi connectivity index (χ3n) is 5.00. The molecule has 2 aliphatic rings. The fraction of sp³-hybridized carbons (Fsp3) is 0.444. The van der Waals surface area contributed by atoms with Crippen molar-refractivity contribution in [2.24, 2.45) is 0 Å². The van der Waals surface area contributed by atoms with E-state index in [-0.39, 0.29) is 5.75 Å². The zero-order valence-electron chi connectivity index (χ0n) is 14.4. The molecule has 0 atom stereocenters. The van der Waals surface area contributed by atoms with Crippen molar-refractivity contribution in [3.63, 3.8) is 0 Å². The second kappa shape index (κ2) is 7.13. The highest BCUT2D eigenvalue weighted by atomic mass is 35.5. The maximum Gasteiger partial charge on any atom is 0.218 e. The topological polar surface area (TPSA) is 66.4 Å². The zero-order valence-corrected chi connectivity index (χ0v) is 16.0. The van der Waals surface area contributed by atoms with Gasteiger partial charge in [0.2, 0.25) is 10.0 Å². The SMILES string of the molecule is O=S(=O)(Cc1cccc(Cl)c1)N1CCN(c2cc3c(nn2)CCC3)CC1. The molecule has 0 radical (unpaired) electrons. The Morgan fingerprint density at radius 2 is 1.85 bits per heavy atom. The van der Waals surface area contributed by atoms with E-state index in [1.54, 1.807) is 28.6 Å². The molecule has 0 saturated carbocycles. The van der Waals surface area contributed by atoms with Crippen molar-refractivity contribution in [3.8, 4) is 0 Å². The van der Waals surface area contributed by atoms with Crippen molar-refractivity contribution in [2.45, 2.75) is 25.0 Å². The second-order valence-electron chi connectivity index (χ2n) is 6.80. The minimum absolute atomic E-state index is 0.0216. The summed E-state index contributed by atoms with van der Waals surface area (Å²) in [5.74, 6) is 0.837. The van der Waals surface area contributed by atoms with Crippen LogP contribution < -0.4 is 4.90 Å². The summed E-state index contributed by atoms with van der Waals surface area (Å²) in [5, 5.41) is 9.22. The number of hydrogen-bond donors (Lipinski definition) is 0. The van der Waals surface area contributed by atoms with E-state index >= 15 is 0 Å². The minimum Gasteiger partial charge on any atom is -0.352 e. The molecular weight excluding hydrogens is 372 g/mol. The highest BCUT2D eigenvalue weighted by molar-refractivity contribution is 7.88. The van der Waals surface area contributed by atoms with E-state index in [2.05, 4.69) is 21.2 Å². The Bertz CT molecular complexity index is 911. The lowest BCUT2D eigenvalue weighted by molar-refractivity contribution is 0.383. The number of aromatic nitrogens is 2. The number of aryl methyl sites for hydroxylation is 2. The molecular formula is C18H21ClN4O2S. The molecule has 0 N–H and O–H groups in total. The van der Waals surface area contributed by atoms with Crippen molar-refractivity contribution in [1.82, 2.24) is 14.5 Å². The zero-order chi connectivity index (χ0) is 18.1. The first-order valence-corrected chi connectivity index (χ1v) is 10.8. The van der Waals surface area contributed by atoms with Crippen LogP contribution in [0.4, 0.5) is 5.82 Å². The number of halogens is 1. The van der Waals surface area contributed by atoms with Crippen LogP contribution in [0.15, 0.2) is 30.3 Å². The van der Waals surface area contributed by atoms with E-state index in [9.17, 15) is 8.42 Å². The first-order valence-electron chi connectivity index (χ1n) is 8.84. The van der Waals surface area contributed by atoms with Crippen LogP contribution in [0.3, 0.4) is 0 Å². The molecule has 6 nitrogen and oxygen atoms in total. The molecule has 2 heterocycles. The van der Waals surface area contributed by atoms with Crippen LogP contribution in [0, 0.1) is 0 Å². The maximum absolute atomic E-state index is 12.7. The van der Waals surface area contributed by atoms with Gasteiger partial charge in [0, 0.05) is 31.2 Å². The molecule has 1 aromatic carbocycles. The van der Waals surface area contributed by atoms with Gasteiger partial charge in [0.15, 0.2) is 5.82 Å². The number of piperazine rings is 1. The Morgan fingerprint density at radius 1 is 1.04 bits per heavy atom. The number of hydrogen-bond acceptors (Lipinski definition) is 5. The lowest BCUT2D eigenvalue weighted by atomic mass is 10.2. The van der Waals surface area contributed by atoms with Crippen LogP contribution in [0.1, 0.15) is 23.2 Å². The van der Waals surface area contributed by atoms with Crippen molar-refractivity contribution in [3.05, 3.63) is 52.2 Å². The Morgan fingerprint density at radius 3 is 2.62 bits per heavy atom. The highest BCUT2D eigenvalue weighted by Gasteiger charge is 2.28. The predicted molar refractivity (Wildman–Crippen MR) is 102 cm³/mol. The summed E-state index contributed by atoms with van der Waals surface area (Å²) < 4.78 is 27.0. The lowest BCUT2D eigenvalue weighted by Crippen LogP contribution is -2.49. The van der Waals surface area contributed by atoms with Crippen LogP contribution in [0.5, 0.6) is 0 Å². The van der Waals surface area contributed by atoms with Gasteiger partial charge < -0.3 is 4.90 Å². The van der Waals surface area contributed by atoms with Crippen LogP contribution in [-0.2, 0) is 28.6 Å². The highest BCUT2D eigenvalue weighted by Crippen LogP contribution is 2.24. The number of sulfonamides is 1. The molecule has 1 aromatic heterocycles. The van der Waals surface area contributed by atoms with E-state index in [4.69, 9.17) is 11.6 Å². The quantitative estimate of drug-likeness (QED) is 0.798. The van der Waals surface area contributed by atoms with Crippen molar-refractivity contribution < 1.29 is 8.42 Å². The van der Waals surface area contributed by atoms with Crippen molar-refractivity contribution in [2.75, 3.05) is 31.1 Å². The van der Waals surface area contributed by atoms with Gasteiger partial charge in [-0.3, -0.25) is 0 Å². The average Bonchev–Trinajstić information content (AvgIpc) is 3.09. The standard InChI is InChI=1S/C18H21ClN4O2S/c19-16-5-1-3-14(11-16)13-26(24,25)23-9-7-22(8-10-23)18-12-15-4-2-6-17(15)20-21-18/h1,3,5,11-12H,2,4,6-10,13H2. The van der Waals surface area contributed by atoms with Gasteiger partial charge in [-0.15, -0.1) is 5.10 Å². The average molecular weight is 393 g/mol. The summed E-state index contributed by atoms with van der Waals surface area (Å²) in [6.07, 6.45) is 3.22. The molecule has 1 saturated heterocycles. The molecule has 8 heteroatoms. The smallest absolute Gasteiger partial charge is 0.218 e. The maximum atomic E-state index is 12.7. The van der Waals surface area contributed by atoms with Crippen LogP contribution in [0.25, 0.3) is 0 Å². The number of anilines is 1. The van der Waals surface area contributed by atoms with Gasteiger partial charge in [0.1, 0.15) is 0 Å². The number of nitrogens with zero attached hydrogens (tertiary/aromatic N) is 4. The summed E-state index contributed by atoms with van der Waals surface area (Å²) in [7, 11) is -3.36. The van der Waals surface area contributed by atoms with Gasteiger partial charge in [-0.1, -0.05) is 23.7 Å². The van der Waals surface area contributed by atoms with E-state index < -0.39 is 10.0 Å². The number of fused-ring (bicyclic) bond motifs is 1. The Hall–Kier alpha value is -1.70. The summed E-state index contributed by atoms with van der Waals surface area (Å²) in [5.41, 5.74) is 3.10. The molecule has 4 rings (SSSR count). The van der Waals surface area contributed by atoms with Crippen LogP contribution in [-0.4, -0.2) is 49.1 Å². The first kappa shape index (κ1) is 17.7. The molecule has 0 bridgehead atoms. The molecule has 2 aromatic rings. The van der Waals surface area contributed by atoms with E-state index in [1.165, 1.54) is 5.56 Å². The van der Waals surface area contributed by atoms with Crippen LogP contribution >= 0.6 is 11.6 Å². The van der Waals surface area contributed by atoms with E-state index in [0.717, 1.165) is 30.8 Å². The molecule has 26 heavy (non-hydrogen) atoms. The van der Waals surface area contributed by atoms with Gasteiger partial charge in [-0.2, -0.15) is 9.40 Å². The number of rotatable bonds is 4. The normalized spacial score (nSPS) is 18.1. The molecule has 1 aliphatic heterocycles. The molecule has 0 spiro atoms. The Labute approximate surface area is 158 Å². The van der Waals surface area contributed by atoms with E-state index in [1.807, 2.05) is 0 Å². The minimum atomic E-state index is -3.36. The molecule has 0 amide bonds. The van der Waals surface area contributed by atoms with Crippen molar-refractivity contribution in [1.29, 1.82) is 0 Å². The summed E-state index contributed by atoms with van der Waals surface area (Å²) in [6.45, 7) is 2.17. The first-order chi connectivity index (χ1) is 12.5. The van der Waals surface area contributed by atoms with Gasteiger partial charge in [-0.25, -0.2) is 8.42 Å². The molecule has 138 valence electrons. The van der Waals surface area contributed by atoms with Crippen molar-refractivity contribution >= 4 is 27.4 Å². The fourth-order valence-electron chi connectivity index (χ4n) is 3.60. The Kier molecular flexibility index (Phi) is 4.86. The van der Waals surface area contributed by atoms with Gasteiger partial charge in [0.05, 0.1) is 11.4 Å². The number of benzene rings is 1. The van der Waals surface area contributed by atoms with Crippen LogP contribution in [0.2, 0.25) is 5.02 Å². The third-order valence-corrected chi connectivity index (χ3v) is 7.09. The largest absolute Gasteiger partial charge is 0.352 e. The fourth-order valence-corrected chi connectivity index (χ4v) is 5.31. The van der Waals surface area contributed by atoms with E-state index in [0.29, 0.717) is 36.8 Å². The third kappa shape index (κ3) is 3.70. The van der Waals surface area contributed by atoms with Gasteiger partial charge in [0.25, 0.3) is 0 Å². The molecule has 1 fully saturated rings. The predicted octanol–water partition coefficient (Wildman–Crippen LogP) is 2.27. The molecule has 1 aliphatic carbocycles. The Balaban J connectivity index is 1.41. The molecule has 0 unspecified atom stereocenters. The van der Waals surface area contributed by atoms with Gasteiger partial charge >= 0.3 is 0 Å². The summed E-state index contributed by atoms with van der Waals surface area (Å²) in [4.78, 5) is 2.12. The lowest BCUT2D eigenvalue weighted by Gasteiger charge is -2.34. The second-order valence-corrected chi connectivity index (χ2v) is 9.21. The summed E-state index contributed by atoms with van der Waals surface area (Å²) >= 11 is 5.96. The van der Waals surface area contributed by atoms with Gasteiger partial charge in [-0.05, 0) is 48.6 Å².